The number of amides is 2. The molecule has 1 N–H and O–H groups in total. The Labute approximate surface area is 126 Å². The molecule has 1 atom stereocenters. The Kier molecular flexibility index (Phi) is 3.20. The molecule has 0 radical (unpaired) electrons. The Morgan fingerprint density at radius 1 is 1.38 bits per heavy atom. The smallest absolute Gasteiger partial charge is 0.252 e. The van der Waals surface area contributed by atoms with E-state index in [1.54, 1.807) is 9.25 Å². The number of nitrogens with one attached hydrogen (secondary N) is 1. The fourth-order valence-electron chi connectivity index (χ4n) is 2.91. The van der Waals surface area contributed by atoms with Crippen LogP contribution in [0.1, 0.15) is 31.5 Å². The molecule has 2 amide bonds. The summed E-state index contributed by atoms with van der Waals surface area (Å²) in [7, 11) is 3.35. The summed E-state index contributed by atoms with van der Waals surface area (Å²) in [6.07, 6.45) is 1.60. The fourth-order valence-corrected chi connectivity index (χ4v) is 3.23. The minimum absolute atomic E-state index is 0.145. The Morgan fingerprint density at radius 2 is 2.10 bits per heavy atom. The molecular formula is C13H17N5O2S. The second kappa shape index (κ2) is 4.80. The molecule has 2 aromatic rings. The predicted octanol–water partition coefficient (Wildman–Crippen LogP) is 1.31. The van der Waals surface area contributed by atoms with Crippen molar-refractivity contribution in [3.63, 3.8) is 0 Å². The molecule has 21 heavy (non-hydrogen) atoms. The van der Waals surface area contributed by atoms with E-state index in [1.807, 2.05) is 14.0 Å². The number of carbonyl (C=O) groups excluding carboxylic acids is 2. The Hall–Kier alpha value is -1.96. The quantitative estimate of drug-likeness (QED) is 0.670. The number of imide groups is 1. The van der Waals surface area contributed by atoms with Crippen molar-refractivity contribution >= 4 is 35.2 Å². The highest BCUT2D eigenvalue weighted by molar-refractivity contribution is 7.71. The van der Waals surface area contributed by atoms with Crippen LogP contribution in [0.25, 0.3) is 11.2 Å². The second-order valence-corrected chi connectivity index (χ2v) is 5.65. The number of hydrogen-bond donors (Lipinski definition) is 1. The van der Waals surface area contributed by atoms with E-state index in [4.69, 9.17) is 12.2 Å². The summed E-state index contributed by atoms with van der Waals surface area (Å²) in [6.45, 7) is 2.02. The number of imidazole rings is 1. The van der Waals surface area contributed by atoms with Crippen LogP contribution >= 0.6 is 12.2 Å². The van der Waals surface area contributed by atoms with Crippen molar-refractivity contribution in [1.29, 1.82) is 0 Å². The molecule has 1 unspecified atom stereocenters. The summed E-state index contributed by atoms with van der Waals surface area (Å²) >= 11 is 5.39. The molecule has 1 aliphatic heterocycles. The number of carbonyl (C=O) groups is 2. The van der Waals surface area contributed by atoms with Gasteiger partial charge in [0.25, 0.3) is 5.91 Å². The zero-order chi connectivity index (χ0) is 15.3. The van der Waals surface area contributed by atoms with Crippen molar-refractivity contribution in [1.82, 2.24) is 24.2 Å². The molecule has 112 valence electrons. The van der Waals surface area contributed by atoms with E-state index in [0.29, 0.717) is 17.6 Å². The minimum Gasteiger partial charge on any atom is -0.328 e. The van der Waals surface area contributed by atoms with Gasteiger partial charge in [0.15, 0.2) is 10.4 Å². The van der Waals surface area contributed by atoms with Crippen molar-refractivity contribution in [3.8, 4) is 0 Å². The van der Waals surface area contributed by atoms with Gasteiger partial charge in [0.1, 0.15) is 11.6 Å². The molecule has 0 aliphatic carbocycles. The Morgan fingerprint density at radius 3 is 2.76 bits per heavy atom. The molecular weight excluding hydrogens is 290 g/mol. The topological polar surface area (TPSA) is 75.9 Å². The summed E-state index contributed by atoms with van der Waals surface area (Å²) in [6, 6.07) is -0.450. The molecule has 3 heterocycles. The van der Waals surface area contributed by atoms with Gasteiger partial charge in [-0.15, -0.1) is 0 Å². The van der Waals surface area contributed by atoms with Crippen molar-refractivity contribution in [2.45, 2.75) is 32.2 Å². The zero-order valence-electron chi connectivity index (χ0n) is 12.2. The number of aromatic nitrogens is 4. The standard InChI is InChI=1S/C13H17N5O2S/c1-4-7-10-11(17(3)15-7)18(13(21)14-10)8-5-6-9(19)16(2)12(8)20/h8H,4-6H2,1-3H3,(H,14,21). The third-order valence-electron chi connectivity index (χ3n) is 4.04. The van der Waals surface area contributed by atoms with Crippen molar-refractivity contribution in [2.24, 2.45) is 7.05 Å². The van der Waals surface area contributed by atoms with Crippen molar-refractivity contribution < 1.29 is 9.59 Å². The van der Waals surface area contributed by atoms with E-state index >= 15 is 0 Å². The van der Waals surface area contributed by atoms with Gasteiger partial charge in [-0.05, 0) is 25.1 Å². The molecule has 8 heteroatoms. The lowest BCUT2D eigenvalue weighted by molar-refractivity contribution is -0.149. The molecule has 0 bridgehead atoms. The van der Waals surface area contributed by atoms with Crippen LogP contribution < -0.4 is 0 Å². The molecule has 7 nitrogen and oxygen atoms in total. The number of rotatable bonds is 2. The molecule has 2 aromatic heterocycles. The van der Waals surface area contributed by atoms with Gasteiger partial charge in [0.2, 0.25) is 5.91 Å². The van der Waals surface area contributed by atoms with Crippen molar-refractivity contribution in [3.05, 3.63) is 10.5 Å². The van der Waals surface area contributed by atoms with E-state index in [9.17, 15) is 9.59 Å². The number of likely N-dealkylation sites (tertiary alicyclic amines) is 1. The van der Waals surface area contributed by atoms with Crippen LogP contribution in [0, 0.1) is 4.77 Å². The predicted molar refractivity (Wildman–Crippen MR) is 79.3 cm³/mol. The molecule has 0 saturated carbocycles. The zero-order valence-corrected chi connectivity index (χ0v) is 13.0. The highest BCUT2D eigenvalue weighted by Gasteiger charge is 2.35. The van der Waals surface area contributed by atoms with Gasteiger partial charge in [0, 0.05) is 20.5 Å². The van der Waals surface area contributed by atoms with E-state index in [0.717, 1.165) is 23.3 Å². The summed E-state index contributed by atoms with van der Waals surface area (Å²) < 4.78 is 4.03. The van der Waals surface area contributed by atoms with Crippen LogP contribution in [0.4, 0.5) is 0 Å². The maximum atomic E-state index is 12.4. The number of fused-ring (bicyclic) bond motifs is 1. The Bertz CT molecular complexity index is 799. The normalized spacial score (nSPS) is 19.8. The van der Waals surface area contributed by atoms with Crippen LogP contribution in [0.3, 0.4) is 0 Å². The number of H-pyrrole nitrogens is 1. The van der Waals surface area contributed by atoms with E-state index < -0.39 is 6.04 Å². The molecule has 0 spiro atoms. The maximum absolute atomic E-state index is 12.4. The van der Waals surface area contributed by atoms with Gasteiger partial charge in [-0.1, -0.05) is 6.92 Å². The van der Waals surface area contributed by atoms with Crippen LogP contribution in [-0.4, -0.2) is 43.1 Å². The molecule has 0 aromatic carbocycles. The number of aromatic amines is 1. The van der Waals surface area contributed by atoms with Crippen molar-refractivity contribution in [2.75, 3.05) is 7.05 Å². The highest BCUT2D eigenvalue weighted by atomic mass is 32.1. The van der Waals surface area contributed by atoms with Crippen LogP contribution in [0.15, 0.2) is 0 Å². The first-order valence-corrected chi connectivity index (χ1v) is 7.33. The lowest BCUT2D eigenvalue weighted by Crippen LogP contribution is -2.43. The largest absolute Gasteiger partial charge is 0.328 e. The molecule has 1 aliphatic rings. The molecule has 1 saturated heterocycles. The summed E-state index contributed by atoms with van der Waals surface area (Å²) in [5, 5.41) is 4.45. The third kappa shape index (κ3) is 1.93. The summed E-state index contributed by atoms with van der Waals surface area (Å²) in [4.78, 5) is 28.4. The van der Waals surface area contributed by atoms with Gasteiger partial charge in [-0.2, -0.15) is 5.10 Å². The second-order valence-electron chi connectivity index (χ2n) is 5.27. The third-order valence-corrected chi connectivity index (χ3v) is 4.34. The SMILES string of the molecule is CCc1nn(C)c2c1[nH]c(=S)n2C1CCC(=O)N(C)C1=O. The van der Waals surface area contributed by atoms with Crippen LogP contribution in [0.5, 0.6) is 0 Å². The van der Waals surface area contributed by atoms with E-state index in [2.05, 4.69) is 10.1 Å². The highest BCUT2D eigenvalue weighted by Crippen LogP contribution is 2.28. The first kappa shape index (κ1) is 14.0. The lowest BCUT2D eigenvalue weighted by Gasteiger charge is -2.28. The first-order valence-electron chi connectivity index (χ1n) is 6.92. The average molecular weight is 307 g/mol. The van der Waals surface area contributed by atoms with Gasteiger partial charge in [-0.25, -0.2) is 0 Å². The summed E-state index contributed by atoms with van der Waals surface area (Å²) in [5.74, 6) is -0.365. The van der Waals surface area contributed by atoms with Gasteiger partial charge < -0.3 is 4.98 Å². The van der Waals surface area contributed by atoms with Gasteiger partial charge in [0.05, 0.1) is 5.69 Å². The average Bonchev–Trinajstić information content (AvgIpc) is 2.94. The fraction of sp³-hybridized carbons (Fsp3) is 0.538. The molecule has 1 fully saturated rings. The van der Waals surface area contributed by atoms with Gasteiger partial charge >= 0.3 is 0 Å². The Balaban J connectivity index is 2.19. The van der Waals surface area contributed by atoms with E-state index in [-0.39, 0.29) is 11.8 Å². The monoisotopic (exact) mass is 307 g/mol. The number of likely N-dealkylation sites (N-methyl/N-ethyl adjacent to an activating group) is 1. The molecule has 3 rings (SSSR count). The minimum atomic E-state index is -0.450. The number of piperidine rings is 1. The maximum Gasteiger partial charge on any atom is 0.252 e. The van der Waals surface area contributed by atoms with E-state index in [1.165, 1.54) is 11.9 Å². The first-order chi connectivity index (χ1) is 9.95. The van der Waals surface area contributed by atoms with Crippen LogP contribution in [-0.2, 0) is 23.1 Å². The van der Waals surface area contributed by atoms with Gasteiger partial charge in [-0.3, -0.25) is 23.7 Å². The number of hydrogen-bond acceptors (Lipinski definition) is 4. The number of nitrogens with zero attached hydrogens (tertiary/aromatic N) is 4. The van der Waals surface area contributed by atoms with Crippen LogP contribution in [0.2, 0.25) is 0 Å². The summed E-state index contributed by atoms with van der Waals surface area (Å²) in [5.41, 5.74) is 2.60. The lowest BCUT2D eigenvalue weighted by atomic mass is 10.0. The number of aryl methyl sites for hydroxylation is 2.